The number of benzene rings is 3. The van der Waals surface area contributed by atoms with Crippen LogP contribution in [0.3, 0.4) is 0 Å². The minimum atomic E-state index is -0.493. The number of ether oxygens (including phenoxy) is 3. The van der Waals surface area contributed by atoms with Crippen LogP contribution in [-0.4, -0.2) is 36.8 Å². The van der Waals surface area contributed by atoms with Crippen LogP contribution < -0.4 is 4.74 Å². The summed E-state index contributed by atoms with van der Waals surface area (Å²) >= 11 is 6.03. The molecule has 1 aliphatic heterocycles. The van der Waals surface area contributed by atoms with Crippen LogP contribution in [0.5, 0.6) is 5.75 Å². The molecule has 8 heteroatoms. The number of rotatable bonds is 8. The van der Waals surface area contributed by atoms with Crippen molar-refractivity contribution in [2.45, 2.75) is 26.0 Å². The zero-order chi connectivity index (χ0) is 26.4. The summed E-state index contributed by atoms with van der Waals surface area (Å²) in [5, 5.41) is 6.76. The number of esters is 1. The maximum absolute atomic E-state index is 12.3. The molecule has 0 bridgehead atoms. The fourth-order valence-corrected chi connectivity index (χ4v) is 4.31. The van der Waals surface area contributed by atoms with E-state index in [0.717, 1.165) is 22.4 Å². The van der Waals surface area contributed by atoms with Crippen molar-refractivity contribution in [1.82, 2.24) is 5.01 Å². The fourth-order valence-electron chi connectivity index (χ4n) is 4.18. The van der Waals surface area contributed by atoms with Crippen LogP contribution >= 0.6 is 11.6 Å². The summed E-state index contributed by atoms with van der Waals surface area (Å²) in [5.74, 6) is 0.0417. The monoisotopic (exact) mass is 518 g/mol. The molecule has 0 spiro atoms. The molecule has 0 aromatic heterocycles. The number of halogens is 1. The summed E-state index contributed by atoms with van der Waals surface area (Å²) in [7, 11) is 2.81. The maximum Gasteiger partial charge on any atom is 0.341 e. The van der Waals surface area contributed by atoms with E-state index in [1.54, 1.807) is 0 Å². The summed E-state index contributed by atoms with van der Waals surface area (Å²) in [6.07, 6.45) is 1.96. The van der Waals surface area contributed by atoms with Crippen LogP contribution in [0.4, 0.5) is 0 Å². The van der Waals surface area contributed by atoms with Gasteiger partial charge in [0.1, 0.15) is 17.9 Å². The molecule has 7 nitrogen and oxygen atoms in total. The average Bonchev–Trinajstić information content (AvgIpc) is 3.37. The molecule has 0 N–H and O–H groups in total. The smallest absolute Gasteiger partial charge is 0.341 e. The maximum atomic E-state index is 12.3. The van der Waals surface area contributed by atoms with Crippen molar-refractivity contribution in [3.63, 3.8) is 0 Å². The van der Waals surface area contributed by atoms with E-state index in [0.29, 0.717) is 28.3 Å². The van der Waals surface area contributed by atoms with Gasteiger partial charge in [-0.15, -0.1) is 0 Å². The van der Waals surface area contributed by atoms with Crippen LogP contribution in [0.15, 0.2) is 84.2 Å². The largest absolute Gasteiger partial charge is 0.503 e. The number of hydrogen-bond acceptors (Lipinski definition) is 6. The standard InChI is InChI=1S/C29H27ClN2O5/c1-19(33)32-28(21-8-12-23(30)13-9-21)16-27(31-32)20-10-14-24(15-11-20)37-17-22-6-4-5-7-25(22)26(18-35-2)29(34)36-3/h4-15,18,28H,16-17H2,1-3H3/b26-18-. The van der Waals surface area contributed by atoms with E-state index >= 15 is 0 Å². The second-order valence-electron chi connectivity index (χ2n) is 8.41. The number of carbonyl (C=O) groups is 2. The van der Waals surface area contributed by atoms with E-state index in [2.05, 4.69) is 5.10 Å². The highest BCUT2D eigenvalue weighted by atomic mass is 35.5. The average molecular weight is 519 g/mol. The topological polar surface area (TPSA) is 77.4 Å². The highest BCUT2D eigenvalue weighted by molar-refractivity contribution is 6.30. The molecule has 1 amide bonds. The van der Waals surface area contributed by atoms with Crippen molar-refractivity contribution < 1.29 is 23.8 Å². The first kappa shape index (κ1) is 26.0. The molecule has 1 atom stereocenters. The summed E-state index contributed by atoms with van der Waals surface area (Å²) in [6, 6.07) is 22.3. The molecule has 37 heavy (non-hydrogen) atoms. The Labute approximate surface area is 220 Å². The van der Waals surface area contributed by atoms with Crippen molar-refractivity contribution in [3.8, 4) is 5.75 Å². The Hall–Kier alpha value is -4.10. The third-order valence-electron chi connectivity index (χ3n) is 6.02. The zero-order valence-electron chi connectivity index (χ0n) is 20.8. The van der Waals surface area contributed by atoms with Gasteiger partial charge in [0.25, 0.3) is 0 Å². The second kappa shape index (κ2) is 11.8. The second-order valence-corrected chi connectivity index (χ2v) is 8.85. The Kier molecular flexibility index (Phi) is 8.25. The van der Waals surface area contributed by atoms with Gasteiger partial charge >= 0.3 is 5.97 Å². The predicted molar refractivity (Wildman–Crippen MR) is 142 cm³/mol. The van der Waals surface area contributed by atoms with Gasteiger partial charge in [0, 0.05) is 18.4 Å². The molecule has 3 aromatic carbocycles. The number of hydrogen-bond donors (Lipinski definition) is 0. The minimum absolute atomic E-state index is 0.123. The first-order valence-electron chi connectivity index (χ1n) is 11.7. The van der Waals surface area contributed by atoms with E-state index in [4.69, 9.17) is 25.8 Å². The highest BCUT2D eigenvalue weighted by Gasteiger charge is 2.31. The molecule has 1 aliphatic rings. The van der Waals surface area contributed by atoms with Gasteiger partial charge in [-0.2, -0.15) is 5.10 Å². The molecular weight excluding hydrogens is 492 g/mol. The van der Waals surface area contributed by atoms with E-state index in [-0.39, 0.29) is 18.6 Å². The van der Waals surface area contributed by atoms with Gasteiger partial charge in [-0.3, -0.25) is 4.79 Å². The molecular formula is C29H27ClN2O5. The van der Waals surface area contributed by atoms with Crippen molar-refractivity contribution in [2.75, 3.05) is 14.2 Å². The van der Waals surface area contributed by atoms with Crippen molar-refractivity contribution in [1.29, 1.82) is 0 Å². The zero-order valence-corrected chi connectivity index (χ0v) is 21.6. The molecule has 0 fully saturated rings. The van der Waals surface area contributed by atoms with Crippen LogP contribution in [0.2, 0.25) is 5.02 Å². The Bertz CT molecular complexity index is 1330. The Morgan fingerprint density at radius 1 is 1.03 bits per heavy atom. The third-order valence-corrected chi connectivity index (χ3v) is 6.27. The molecule has 0 saturated heterocycles. The molecule has 0 aliphatic carbocycles. The number of amides is 1. The first-order chi connectivity index (χ1) is 17.9. The molecule has 4 rings (SSSR count). The van der Waals surface area contributed by atoms with E-state index < -0.39 is 5.97 Å². The van der Waals surface area contributed by atoms with Crippen molar-refractivity contribution in [2.24, 2.45) is 5.10 Å². The van der Waals surface area contributed by atoms with Crippen molar-refractivity contribution in [3.05, 3.63) is 106 Å². The van der Waals surface area contributed by atoms with Gasteiger partial charge in [0.2, 0.25) is 5.91 Å². The molecule has 0 radical (unpaired) electrons. The summed E-state index contributed by atoms with van der Waals surface area (Å²) in [6.45, 7) is 1.75. The summed E-state index contributed by atoms with van der Waals surface area (Å²) < 4.78 is 16.0. The van der Waals surface area contributed by atoms with Gasteiger partial charge in [0.15, 0.2) is 0 Å². The number of hydrazone groups is 1. The lowest BCUT2D eigenvalue weighted by atomic mass is 9.98. The minimum Gasteiger partial charge on any atom is -0.503 e. The lowest BCUT2D eigenvalue weighted by molar-refractivity contribution is -0.134. The third kappa shape index (κ3) is 6.01. The first-order valence-corrected chi connectivity index (χ1v) is 12.0. The van der Waals surface area contributed by atoms with Gasteiger partial charge in [-0.05, 0) is 58.7 Å². The highest BCUT2D eigenvalue weighted by Crippen LogP contribution is 2.33. The lowest BCUT2D eigenvalue weighted by Crippen LogP contribution is -2.24. The summed E-state index contributed by atoms with van der Waals surface area (Å²) in [5.41, 5.74) is 4.50. The number of carbonyl (C=O) groups excluding carboxylic acids is 2. The summed E-state index contributed by atoms with van der Waals surface area (Å²) in [4.78, 5) is 24.5. The van der Waals surface area contributed by atoms with E-state index in [9.17, 15) is 9.59 Å². The van der Waals surface area contributed by atoms with Crippen LogP contribution in [0.1, 0.15) is 41.6 Å². The molecule has 3 aromatic rings. The predicted octanol–water partition coefficient (Wildman–Crippen LogP) is 5.78. The van der Waals surface area contributed by atoms with Gasteiger partial charge < -0.3 is 14.2 Å². The molecule has 1 heterocycles. The molecule has 0 saturated carbocycles. The number of nitrogens with zero attached hydrogens (tertiary/aromatic N) is 2. The fraction of sp³-hybridized carbons (Fsp3) is 0.207. The molecule has 1 unspecified atom stereocenters. The van der Waals surface area contributed by atoms with Crippen LogP contribution in [-0.2, 0) is 25.7 Å². The van der Waals surface area contributed by atoms with Gasteiger partial charge in [-0.25, -0.2) is 9.80 Å². The molecule has 190 valence electrons. The van der Waals surface area contributed by atoms with Gasteiger partial charge in [-0.1, -0.05) is 48.0 Å². The normalized spacial score (nSPS) is 15.2. The van der Waals surface area contributed by atoms with Gasteiger partial charge in [0.05, 0.1) is 32.2 Å². The number of methoxy groups -OCH3 is 2. The van der Waals surface area contributed by atoms with Crippen molar-refractivity contribution >= 4 is 34.8 Å². The van der Waals surface area contributed by atoms with E-state index in [1.807, 2.05) is 72.8 Å². The lowest BCUT2D eigenvalue weighted by Gasteiger charge is -2.20. The Morgan fingerprint density at radius 3 is 2.38 bits per heavy atom. The Morgan fingerprint density at radius 2 is 1.73 bits per heavy atom. The van der Waals surface area contributed by atoms with E-state index in [1.165, 1.54) is 32.4 Å². The van der Waals surface area contributed by atoms with Crippen LogP contribution in [0.25, 0.3) is 5.57 Å². The Balaban J connectivity index is 1.48. The quantitative estimate of drug-likeness (QED) is 0.215. The SMILES string of the molecule is CO/C=C(\C(=O)OC)c1ccccc1COc1ccc(C2=NN(C(C)=O)C(c3ccc(Cl)cc3)C2)cc1. The van der Waals surface area contributed by atoms with Crippen LogP contribution in [0, 0.1) is 0 Å².